The third-order valence-corrected chi connectivity index (χ3v) is 3.41. The summed E-state index contributed by atoms with van der Waals surface area (Å²) in [5.41, 5.74) is 3.65. The quantitative estimate of drug-likeness (QED) is 0.798. The number of hydrogen-bond donors (Lipinski definition) is 1. The van der Waals surface area contributed by atoms with Gasteiger partial charge in [-0.25, -0.2) is 4.98 Å². The van der Waals surface area contributed by atoms with Crippen molar-refractivity contribution in [1.29, 1.82) is 0 Å². The number of hydrogen-bond acceptors (Lipinski definition) is 3. The normalized spacial score (nSPS) is 10.9. The lowest BCUT2D eigenvalue weighted by Crippen LogP contribution is -2.06. The van der Waals surface area contributed by atoms with Crippen LogP contribution in [0.4, 0.5) is 0 Å². The minimum atomic E-state index is -0.819. The van der Waals surface area contributed by atoms with Crippen LogP contribution >= 0.6 is 0 Å². The number of carboxylic acid groups (broad SMARTS) is 1. The van der Waals surface area contributed by atoms with E-state index in [0.29, 0.717) is 6.54 Å². The molecule has 3 aromatic rings. The molecule has 0 aliphatic heterocycles. The molecule has 106 valence electrons. The molecule has 0 amide bonds. The second-order valence-electron chi connectivity index (χ2n) is 4.93. The molecule has 0 radical (unpaired) electrons. The van der Waals surface area contributed by atoms with Crippen molar-refractivity contribution in [1.82, 2.24) is 14.5 Å². The van der Waals surface area contributed by atoms with Crippen LogP contribution in [0.3, 0.4) is 0 Å². The zero-order chi connectivity index (χ0) is 14.8. The van der Waals surface area contributed by atoms with Gasteiger partial charge in [0.1, 0.15) is 5.65 Å². The summed E-state index contributed by atoms with van der Waals surface area (Å²) in [7, 11) is 0. The van der Waals surface area contributed by atoms with Gasteiger partial charge in [0.15, 0.2) is 0 Å². The van der Waals surface area contributed by atoms with E-state index in [0.717, 1.165) is 28.0 Å². The molecular weight excluding hydrogens is 266 g/mol. The highest BCUT2D eigenvalue weighted by molar-refractivity contribution is 5.84. The number of nitrogens with zero attached hydrogens (tertiary/aromatic N) is 3. The van der Waals surface area contributed by atoms with Gasteiger partial charge in [-0.1, -0.05) is 0 Å². The maximum atomic E-state index is 10.9. The van der Waals surface area contributed by atoms with Gasteiger partial charge in [-0.3, -0.25) is 9.78 Å². The SMILES string of the molecule is Cc1ccc(-c2cc3cccnc3n2CCC(=O)O)cn1. The third kappa shape index (κ3) is 2.63. The molecule has 0 aromatic carbocycles. The summed E-state index contributed by atoms with van der Waals surface area (Å²) in [6, 6.07) is 9.82. The van der Waals surface area contributed by atoms with Crippen LogP contribution in [0.1, 0.15) is 12.1 Å². The van der Waals surface area contributed by atoms with Crippen LogP contribution in [-0.2, 0) is 11.3 Å². The molecule has 0 bridgehead atoms. The molecular formula is C16H15N3O2. The monoisotopic (exact) mass is 281 g/mol. The topological polar surface area (TPSA) is 68.0 Å². The summed E-state index contributed by atoms with van der Waals surface area (Å²) in [6.45, 7) is 2.32. The van der Waals surface area contributed by atoms with Crippen molar-refractivity contribution in [3.8, 4) is 11.3 Å². The number of aryl methyl sites for hydroxylation is 2. The fourth-order valence-electron chi connectivity index (χ4n) is 2.38. The van der Waals surface area contributed by atoms with Crippen molar-refractivity contribution in [3.63, 3.8) is 0 Å². The van der Waals surface area contributed by atoms with E-state index >= 15 is 0 Å². The van der Waals surface area contributed by atoms with Gasteiger partial charge in [0.2, 0.25) is 0 Å². The van der Waals surface area contributed by atoms with Gasteiger partial charge in [0, 0.05) is 35.6 Å². The summed E-state index contributed by atoms with van der Waals surface area (Å²) in [5.74, 6) is -0.819. The number of carbonyl (C=O) groups is 1. The zero-order valence-electron chi connectivity index (χ0n) is 11.7. The van der Waals surface area contributed by atoms with Crippen molar-refractivity contribution >= 4 is 17.0 Å². The summed E-state index contributed by atoms with van der Waals surface area (Å²) in [5, 5.41) is 9.93. The molecule has 1 N–H and O–H groups in total. The molecule has 5 nitrogen and oxygen atoms in total. The van der Waals surface area contributed by atoms with Crippen LogP contribution < -0.4 is 0 Å². The van der Waals surface area contributed by atoms with Crippen LogP contribution in [0.2, 0.25) is 0 Å². The van der Waals surface area contributed by atoms with Gasteiger partial charge >= 0.3 is 5.97 Å². The number of aromatic nitrogens is 3. The molecule has 5 heteroatoms. The average Bonchev–Trinajstić information content (AvgIpc) is 2.84. The molecule has 3 heterocycles. The highest BCUT2D eigenvalue weighted by atomic mass is 16.4. The average molecular weight is 281 g/mol. The lowest BCUT2D eigenvalue weighted by Gasteiger charge is -2.09. The van der Waals surface area contributed by atoms with Crippen LogP contribution in [0.5, 0.6) is 0 Å². The molecule has 0 fully saturated rings. The maximum Gasteiger partial charge on any atom is 0.305 e. The highest BCUT2D eigenvalue weighted by Gasteiger charge is 2.12. The van der Waals surface area contributed by atoms with Gasteiger partial charge in [0.05, 0.1) is 12.1 Å². The Morgan fingerprint density at radius 3 is 2.86 bits per heavy atom. The molecule has 0 atom stereocenters. The van der Waals surface area contributed by atoms with E-state index in [9.17, 15) is 4.79 Å². The molecule has 0 saturated heterocycles. The Balaban J connectivity index is 2.13. The van der Waals surface area contributed by atoms with E-state index in [1.54, 1.807) is 12.4 Å². The predicted molar refractivity (Wildman–Crippen MR) is 80.0 cm³/mol. The molecule has 3 aromatic heterocycles. The molecule has 3 rings (SSSR count). The number of rotatable bonds is 4. The minimum Gasteiger partial charge on any atom is -0.481 e. The fourth-order valence-corrected chi connectivity index (χ4v) is 2.38. The van der Waals surface area contributed by atoms with Crippen molar-refractivity contribution < 1.29 is 9.90 Å². The Morgan fingerprint density at radius 2 is 2.14 bits per heavy atom. The summed E-state index contributed by atoms with van der Waals surface area (Å²) >= 11 is 0. The highest BCUT2D eigenvalue weighted by Crippen LogP contribution is 2.27. The summed E-state index contributed by atoms with van der Waals surface area (Å²) < 4.78 is 1.94. The molecule has 0 spiro atoms. The van der Waals surface area contributed by atoms with E-state index in [1.165, 1.54) is 0 Å². The maximum absolute atomic E-state index is 10.9. The molecule has 0 saturated carbocycles. The Labute approximate surface area is 121 Å². The Morgan fingerprint density at radius 1 is 1.29 bits per heavy atom. The van der Waals surface area contributed by atoms with E-state index in [2.05, 4.69) is 9.97 Å². The minimum absolute atomic E-state index is 0.0621. The molecule has 0 unspecified atom stereocenters. The van der Waals surface area contributed by atoms with Gasteiger partial charge < -0.3 is 9.67 Å². The van der Waals surface area contributed by atoms with E-state index in [1.807, 2.05) is 41.8 Å². The predicted octanol–water partition coefficient (Wildman–Crippen LogP) is 2.88. The number of pyridine rings is 2. The second kappa shape index (κ2) is 5.36. The first kappa shape index (κ1) is 13.3. The van der Waals surface area contributed by atoms with Crippen molar-refractivity contribution in [2.24, 2.45) is 0 Å². The Bertz CT molecular complexity index is 791. The van der Waals surface area contributed by atoms with Gasteiger partial charge in [-0.05, 0) is 37.3 Å². The van der Waals surface area contributed by atoms with Crippen LogP contribution in [0, 0.1) is 6.92 Å². The third-order valence-electron chi connectivity index (χ3n) is 3.41. The first-order valence-corrected chi connectivity index (χ1v) is 6.74. The number of aliphatic carboxylic acids is 1. The van der Waals surface area contributed by atoms with E-state index < -0.39 is 5.97 Å². The summed E-state index contributed by atoms with van der Waals surface area (Å²) in [4.78, 5) is 19.6. The molecule has 0 aliphatic rings. The molecule has 21 heavy (non-hydrogen) atoms. The lowest BCUT2D eigenvalue weighted by molar-refractivity contribution is -0.137. The zero-order valence-corrected chi connectivity index (χ0v) is 11.7. The molecule has 0 aliphatic carbocycles. The summed E-state index contributed by atoms with van der Waals surface area (Å²) in [6.07, 6.45) is 3.59. The van der Waals surface area contributed by atoms with Crippen molar-refractivity contribution in [3.05, 3.63) is 48.4 Å². The smallest absolute Gasteiger partial charge is 0.305 e. The first-order chi connectivity index (χ1) is 10.1. The first-order valence-electron chi connectivity index (χ1n) is 6.74. The van der Waals surface area contributed by atoms with Crippen LogP contribution in [0.15, 0.2) is 42.7 Å². The number of fused-ring (bicyclic) bond motifs is 1. The van der Waals surface area contributed by atoms with Gasteiger partial charge in [0.25, 0.3) is 0 Å². The van der Waals surface area contributed by atoms with Gasteiger partial charge in [-0.2, -0.15) is 0 Å². The fraction of sp³-hybridized carbons (Fsp3) is 0.188. The second-order valence-corrected chi connectivity index (χ2v) is 4.93. The number of carboxylic acids is 1. The van der Waals surface area contributed by atoms with Crippen molar-refractivity contribution in [2.45, 2.75) is 19.9 Å². The van der Waals surface area contributed by atoms with E-state index in [-0.39, 0.29) is 6.42 Å². The van der Waals surface area contributed by atoms with Crippen LogP contribution in [-0.4, -0.2) is 25.6 Å². The van der Waals surface area contributed by atoms with Crippen molar-refractivity contribution in [2.75, 3.05) is 0 Å². The Kier molecular flexibility index (Phi) is 3.39. The lowest BCUT2D eigenvalue weighted by atomic mass is 10.2. The van der Waals surface area contributed by atoms with Crippen LogP contribution in [0.25, 0.3) is 22.3 Å². The largest absolute Gasteiger partial charge is 0.481 e. The van der Waals surface area contributed by atoms with E-state index in [4.69, 9.17) is 5.11 Å². The Hall–Kier alpha value is -2.69. The van der Waals surface area contributed by atoms with Gasteiger partial charge in [-0.15, -0.1) is 0 Å². The standard InChI is InChI=1S/C16H15N3O2/c1-11-4-5-13(10-18-11)14-9-12-3-2-7-17-16(12)19(14)8-6-15(20)21/h2-5,7,9-10H,6,8H2,1H3,(H,20,21).